The van der Waals surface area contributed by atoms with E-state index in [0.717, 1.165) is 11.1 Å². The monoisotopic (exact) mass is 392 g/mol. The Morgan fingerprint density at radius 3 is 2.73 bits per heavy atom. The van der Waals surface area contributed by atoms with Crippen LogP contribution >= 0.6 is 11.3 Å². The lowest BCUT2D eigenvalue weighted by Gasteiger charge is -2.38. The third-order valence-electron chi connectivity index (χ3n) is 5.00. The highest BCUT2D eigenvalue weighted by Gasteiger charge is 2.42. The molecule has 1 atom stereocenters. The van der Waals surface area contributed by atoms with Crippen molar-refractivity contribution in [1.29, 1.82) is 0 Å². The second-order valence-corrected chi connectivity index (χ2v) is 10.2. The largest absolute Gasteiger partial charge is 0.352 e. The van der Waals surface area contributed by atoms with Gasteiger partial charge in [-0.2, -0.15) is 4.31 Å². The number of benzene rings is 1. The van der Waals surface area contributed by atoms with E-state index in [1.165, 1.54) is 15.6 Å². The zero-order valence-corrected chi connectivity index (χ0v) is 16.7. The summed E-state index contributed by atoms with van der Waals surface area (Å²) in [4.78, 5) is 12.8. The lowest BCUT2D eigenvalue weighted by molar-refractivity contribution is -0.132. The predicted molar refractivity (Wildman–Crippen MR) is 103 cm³/mol. The second kappa shape index (κ2) is 7.50. The molecule has 1 aliphatic rings. The highest BCUT2D eigenvalue weighted by atomic mass is 32.2. The van der Waals surface area contributed by atoms with Crippen LogP contribution in [0.25, 0.3) is 0 Å². The maximum atomic E-state index is 12.8. The first kappa shape index (κ1) is 19.1. The molecule has 1 saturated heterocycles. The molecule has 0 radical (unpaired) electrons. The summed E-state index contributed by atoms with van der Waals surface area (Å²) in [5.74, 6) is -0.0909. The molecule has 7 heteroatoms. The number of sulfonamides is 1. The summed E-state index contributed by atoms with van der Waals surface area (Å²) >= 11 is 1.21. The number of nitrogens with zero attached hydrogens (tertiary/aromatic N) is 1. The van der Waals surface area contributed by atoms with E-state index in [1.54, 1.807) is 17.5 Å². The lowest BCUT2D eigenvalue weighted by atomic mass is 9.82. The minimum atomic E-state index is -3.53. The molecule has 1 aromatic carbocycles. The van der Waals surface area contributed by atoms with Crippen molar-refractivity contribution in [2.75, 3.05) is 13.1 Å². The van der Waals surface area contributed by atoms with Gasteiger partial charge in [0, 0.05) is 19.6 Å². The fourth-order valence-electron chi connectivity index (χ4n) is 3.32. The molecule has 0 saturated carbocycles. The van der Waals surface area contributed by atoms with Crippen molar-refractivity contribution in [2.24, 2.45) is 5.41 Å². The van der Waals surface area contributed by atoms with Crippen LogP contribution in [0.5, 0.6) is 0 Å². The Balaban J connectivity index is 1.70. The lowest BCUT2D eigenvalue weighted by Crippen LogP contribution is -2.51. The third kappa shape index (κ3) is 3.84. The SMILES string of the molecule is Cc1ccccc1CNC(=O)[C@]1(C)CCCN(S(=O)(=O)c2cccs2)C1. The first-order valence-electron chi connectivity index (χ1n) is 8.69. The van der Waals surface area contributed by atoms with E-state index in [2.05, 4.69) is 5.32 Å². The van der Waals surface area contributed by atoms with Crippen LogP contribution in [0.3, 0.4) is 0 Å². The topological polar surface area (TPSA) is 66.5 Å². The van der Waals surface area contributed by atoms with E-state index in [4.69, 9.17) is 0 Å². The Morgan fingerprint density at radius 1 is 1.27 bits per heavy atom. The fourth-order valence-corrected chi connectivity index (χ4v) is 6.07. The van der Waals surface area contributed by atoms with Crippen LogP contribution in [0, 0.1) is 12.3 Å². The molecule has 140 valence electrons. The number of carbonyl (C=O) groups excluding carboxylic acids is 1. The Hall–Kier alpha value is -1.70. The maximum absolute atomic E-state index is 12.8. The molecule has 0 aliphatic carbocycles. The number of carbonyl (C=O) groups is 1. The van der Waals surface area contributed by atoms with Gasteiger partial charge in [-0.15, -0.1) is 11.3 Å². The van der Waals surface area contributed by atoms with Gasteiger partial charge in [0.15, 0.2) is 0 Å². The zero-order chi connectivity index (χ0) is 18.8. The van der Waals surface area contributed by atoms with E-state index in [-0.39, 0.29) is 12.5 Å². The van der Waals surface area contributed by atoms with Gasteiger partial charge in [0.25, 0.3) is 10.0 Å². The molecule has 1 fully saturated rings. The first-order chi connectivity index (χ1) is 12.3. The Morgan fingerprint density at radius 2 is 2.04 bits per heavy atom. The standard InChI is InChI=1S/C19H24N2O3S2/c1-15-7-3-4-8-16(15)13-20-18(22)19(2)10-6-11-21(14-19)26(23,24)17-9-5-12-25-17/h3-5,7-9,12H,6,10-11,13-14H2,1-2H3,(H,20,22)/t19-/m1/s1. The van der Waals surface area contributed by atoms with E-state index < -0.39 is 15.4 Å². The number of thiophene rings is 1. The summed E-state index contributed by atoms with van der Waals surface area (Å²) in [5, 5.41) is 4.75. The number of hydrogen-bond donors (Lipinski definition) is 1. The number of nitrogens with one attached hydrogen (secondary N) is 1. The molecule has 1 aromatic heterocycles. The van der Waals surface area contributed by atoms with Crippen LogP contribution < -0.4 is 5.32 Å². The number of piperidine rings is 1. The first-order valence-corrected chi connectivity index (χ1v) is 11.0. The van der Waals surface area contributed by atoms with Gasteiger partial charge in [0.2, 0.25) is 5.91 Å². The van der Waals surface area contributed by atoms with Gasteiger partial charge in [-0.3, -0.25) is 4.79 Å². The van der Waals surface area contributed by atoms with E-state index in [9.17, 15) is 13.2 Å². The molecule has 5 nitrogen and oxygen atoms in total. The summed E-state index contributed by atoms with van der Waals surface area (Å²) in [6, 6.07) is 11.3. The average Bonchev–Trinajstić information content (AvgIpc) is 3.16. The van der Waals surface area contributed by atoms with E-state index in [1.807, 2.05) is 38.1 Å². The van der Waals surface area contributed by atoms with Crippen LogP contribution in [0.15, 0.2) is 46.0 Å². The zero-order valence-electron chi connectivity index (χ0n) is 15.1. The predicted octanol–water partition coefficient (Wildman–Crippen LogP) is 3.16. The van der Waals surface area contributed by atoms with Gasteiger partial charge < -0.3 is 5.32 Å². The van der Waals surface area contributed by atoms with Gasteiger partial charge in [0.05, 0.1) is 5.41 Å². The fraction of sp³-hybridized carbons (Fsp3) is 0.421. The summed E-state index contributed by atoms with van der Waals surface area (Å²) in [6.45, 7) is 5.00. The normalized spacial score (nSPS) is 21.5. The molecule has 1 aliphatic heterocycles. The Labute approximate surface area is 159 Å². The van der Waals surface area contributed by atoms with Crippen molar-refractivity contribution in [3.63, 3.8) is 0 Å². The smallest absolute Gasteiger partial charge is 0.252 e. The number of hydrogen-bond acceptors (Lipinski definition) is 4. The summed E-state index contributed by atoms with van der Waals surface area (Å²) in [7, 11) is -3.53. The molecular weight excluding hydrogens is 368 g/mol. The molecule has 1 amide bonds. The van der Waals surface area contributed by atoms with Gasteiger partial charge in [-0.05, 0) is 49.3 Å². The summed E-state index contributed by atoms with van der Waals surface area (Å²) in [6.07, 6.45) is 1.36. The molecule has 2 aromatic rings. The van der Waals surface area contributed by atoms with Crippen molar-refractivity contribution in [3.8, 4) is 0 Å². The Kier molecular flexibility index (Phi) is 5.50. The average molecular weight is 393 g/mol. The minimum absolute atomic E-state index is 0.0909. The molecule has 26 heavy (non-hydrogen) atoms. The molecule has 1 N–H and O–H groups in total. The number of amides is 1. The van der Waals surface area contributed by atoms with Crippen molar-refractivity contribution in [2.45, 2.75) is 37.4 Å². The van der Waals surface area contributed by atoms with Gasteiger partial charge in [0.1, 0.15) is 4.21 Å². The van der Waals surface area contributed by atoms with E-state index >= 15 is 0 Å². The summed E-state index contributed by atoms with van der Waals surface area (Å²) in [5.41, 5.74) is 1.48. The van der Waals surface area contributed by atoms with E-state index in [0.29, 0.717) is 30.1 Å². The summed E-state index contributed by atoms with van der Waals surface area (Å²) < 4.78 is 27.4. The van der Waals surface area contributed by atoms with Crippen molar-refractivity contribution < 1.29 is 13.2 Å². The van der Waals surface area contributed by atoms with Crippen LogP contribution in [0.4, 0.5) is 0 Å². The highest BCUT2D eigenvalue weighted by Crippen LogP contribution is 2.33. The van der Waals surface area contributed by atoms with Crippen molar-refractivity contribution in [1.82, 2.24) is 9.62 Å². The van der Waals surface area contributed by atoms with Crippen LogP contribution in [-0.4, -0.2) is 31.7 Å². The third-order valence-corrected chi connectivity index (χ3v) is 8.22. The minimum Gasteiger partial charge on any atom is -0.352 e. The van der Waals surface area contributed by atoms with Gasteiger partial charge in [-0.1, -0.05) is 30.3 Å². The van der Waals surface area contributed by atoms with Crippen molar-refractivity contribution >= 4 is 27.3 Å². The van der Waals surface area contributed by atoms with Crippen LogP contribution in [-0.2, 0) is 21.4 Å². The number of aryl methyl sites for hydroxylation is 1. The van der Waals surface area contributed by atoms with Crippen molar-refractivity contribution in [3.05, 3.63) is 52.9 Å². The molecular formula is C19H24N2O3S2. The molecule has 0 spiro atoms. The maximum Gasteiger partial charge on any atom is 0.252 e. The molecule has 2 heterocycles. The van der Waals surface area contributed by atoms with Gasteiger partial charge >= 0.3 is 0 Å². The Bertz CT molecular complexity index is 878. The number of rotatable bonds is 5. The van der Waals surface area contributed by atoms with Crippen LogP contribution in [0.2, 0.25) is 0 Å². The highest BCUT2D eigenvalue weighted by molar-refractivity contribution is 7.91. The van der Waals surface area contributed by atoms with Crippen LogP contribution in [0.1, 0.15) is 30.9 Å². The van der Waals surface area contributed by atoms with Gasteiger partial charge in [-0.25, -0.2) is 8.42 Å². The molecule has 3 rings (SSSR count). The molecule has 0 bridgehead atoms. The quantitative estimate of drug-likeness (QED) is 0.850. The second-order valence-electron chi connectivity index (χ2n) is 7.04. The molecule has 0 unspecified atom stereocenters.